The topological polar surface area (TPSA) is 92.5 Å². The van der Waals surface area contributed by atoms with Crippen LogP contribution in [0.1, 0.15) is 52.4 Å². The SMILES string of the molecule is CCS(=O)(=O)N1CCC(NC(=O)C2CCCCC2(C)N)CC1. The third-order valence-corrected chi connectivity index (χ3v) is 7.01. The molecule has 2 atom stereocenters. The van der Waals surface area contributed by atoms with Crippen LogP contribution in [0.15, 0.2) is 0 Å². The van der Waals surface area contributed by atoms with Crippen molar-refractivity contribution in [2.75, 3.05) is 18.8 Å². The zero-order valence-corrected chi connectivity index (χ0v) is 14.5. The van der Waals surface area contributed by atoms with Crippen LogP contribution in [0.2, 0.25) is 0 Å². The molecular formula is C15H29N3O3S. The molecule has 2 rings (SSSR count). The molecule has 1 aliphatic heterocycles. The van der Waals surface area contributed by atoms with Crippen molar-refractivity contribution in [3.05, 3.63) is 0 Å². The molecule has 1 heterocycles. The molecule has 2 fully saturated rings. The van der Waals surface area contributed by atoms with Gasteiger partial charge in [-0.05, 0) is 39.5 Å². The maximum atomic E-state index is 12.5. The third-order valence-electron chi connectivity index (χ3n) is 5.13. The number of rotatable bonds is 4. The van der Waals surface area contributed by atoms with Gasteiger partial charge in [0.2, 0.25) is 15.9 Å². The molecule has 2 unspecified atom stereocenters. The molecule has 0 radical (unpaired) electrons. The van der Waals surface area contributed by atoms with Gasteiger partial charge in [-0.2, -0.15) is 0 Å². The number of amides is 1. The van der Waals surface area contributed by atoms with Crippen LogP contribution in [0.5, 0.6) is 0 Å². The summed E-state index contributed by atoms with van der Waals surface area (Å²) < 4.78 is 25.2. The smallest absolute Gasteiger partial charge is 0.225 e. The van der Waals surface area contributed by atoms with Gasteiger partial charge in [0.1, 0.15) is 0 Å². The molecule has 1 saturated heterocycles. The molecule has 1 amide bonds. The van der Waals surface area contributed by atoms with E-state index in [4.69, 9.17) is 5.73 Å². The second-order valence-electron chi connectivity index (χ2n) is 6.89. The standard InChI is InChI=1S/C15H29N3O3S/c1-3-22(20,21)18-10-7-12(8-11-18)17-14(19)13-6-4-5-9-15(13,2)16/h12-13H,3-11,16H2,1-2H3,(H,17,19). The first-order chi connectivity index (χ1) is 10.3. The highest BCUT2D eigenvalue weighted by Gasteiger charge is 2.38. The molecule has 2 aliphatic rings. The third kappa shape index (κ3) is 4.00. The number of nitrogens with two attached hydrogens (primary N) is 1. The summed E-state index contributed by atoms with van der Waals surface area (Å²) in [7, 11) is -3.11. The molecule has 0 spiro atoms. The highest BCUT2D eigenvalue weighted by molar-refractivity contribution is 7.89. The molecule has 22 heavy (non-hydrogen) atoms. The lowest BCUT2D eigenvalue weighted by Gasteiger charge is -2.39. The Morgan fingerprint density at radius 2 is 1.91 bits per heavy atom. The van der Waals surface area contributed by atoms with Crippen molar-refractivity contribution in [2.24, 2.45) is 11.7 Å². The molecule has 0 bridgehead atoms. The van der Waals surface area contributed by atoms with Crippen LogP contribution in [0, 0.1) is 5.92 Å². The summed E-state index contributed by atoms with van der Waals surface area (Å²) in [5.41, 5.74) is 5.85. The van der Waals surface area contributed by atoms with Gasteiger partial charge in [-0.25, -0.2) is 12.7 Å². The molecule has 0 aromatic carbocycles. The van der Waals surface area contributed by atoms with Crippen LogP contribution in [0.4, 0.5) is 0 Å². The zero-order valence-electron chi connectivity index (χ0n) is 13.7. The largest absolute Gasteiger partial charge is 0.353 e. The lowest BCUT2D eigenvalue weighted by atomic mass is 9.74. The van der Waals surface area contributed by atoms with E-state index in [-0.39, 0.29) is 23.6 Å². The van der Waals surface area contributed by atoms with Gasteiger partial charge >= 0.3 is 0 Å². The second kappa shape index (κ2) is 6.84. The van der Waals surface area contributed by atoms with Crippen LogP contribution in [0.3, 0.4) is 0 Å². The Labute approximate surface area is 133 Å². The Kier molecular flexibility index (Phi) is 5.50. The maximum absolute atomic E-state index is 12.5. The number of piperidine rings is 1. The van der Waals surface area contributed by atoms with Gasteiger partial charge in [0.15, 0.2) is 0 Å². The normalized spacial score (nSPS) is 31.9. The van der Waals surface area contributed by atoms with E-state index < -0.39 is 15.6 Å². The van der Waals surface area contributed by atoms with Gasteiger partial charge in [0, 0.05) is 24.7 Å². The van der Waals surface area contributed by atoms with Crippen molar-refractivity contribution in [1.29, 1.82) is 0 Å². The van der Waals surface area contributed by atoms with Crippen LogP contribution < -0.4 is 11.1 Å². The first-order valence-electron chi connectivity index (χ1n) is 8.33. The Morgan fingerprint density at radius 3 is 2.45 bits per heavy atom. The average molecular weight is 331 g/mol. The quantitative estimate of drug-likeness (QED) is 0.798. The summed E-state index contributed by atoms with van der Waals surface area (Å²) in [5, 5.41) is 3.09. The summed E-state index contributed by atoms with van der Waals surface area (Å²) in [4.78, 5) is 12.5. The summed E-state index contributed by atoms with van der Waals surface area (Å²) in [6.45, 7) is 4.61. The molecule has 7 heteroatoms. The number of nitrogens with zero attached hydrogens (tertiary/aromatic N) is 1. The van der Waals surface area contributed by atoms with E-state index in [1.165, 1.54) is 4.31 Å². The minimum absolute atomic E-state index is 0.0431. The fourth-order valence-electron chi connectivity index (χ4n) is 3.55. The van der Waals surface area contributed by atoms with Crippen molar-refractivity contribution in [2.45, 2.75) is 64.0 Å². The minimum atomic E-state index is -3.11. The molecular weight excluding hydrogens is 302 g/mol. The summed E-state index contributed by atoms with van der Waals surface area (Å²) in [5.74, 6) is 0.0533. The van der Waals surface area contributed by atoms with Crippen molar-refractivity contribution in [1.82, 2.24) is 9.62 Å². The Bertz CT molecular complexity index is 496. The number of hydrogen-bond donors (Lipinski definition) is 2. The summed E-state index contributed by atoms with van der Waals surface area (Å²) in [6.07, 6.45) is 5.24. The fourth-order valence-corrected chi connectivity index (χ4v) is 4.68. The summed E-state index contributed by atoms with van der Waals surface area (Å²) in [6, 6.07) is 0.0635. The van der Waals surface area contributed by atoms with Gasteiger partial charge in [-0.1, -0.05) is 12.8 Å². The van der Waals surface area contributed by atoms with E-state index >= 15 is 0 Å². The molecule has 1 saturated carbocycles. The predicted molar refractivity (Wildman–Crippen MR) is 86.7 cm³/mol. The van der Waals surface area contributed by atoms with Crippen LogP contribution in [0.25, 0.3) is 0 Å². The Hall–Kier alpha value is -0.660. The van der Waals surface area contributed by atoms with Crippen molar-refractivity contribution < 1.29 is 13.2 Å². The van der Waals surface area contributed by atoms with E-state index in [2.05, 4.69) is 5.32 Å². The van der Waals surface area contributed by atoms with Gasteiger partial charge < -0.3 is 11.1 Å². The maximum Gasteiger partial charge on any atom is 0.225 e. The lowest BCUT2D eigenvalue weighted by molar-refractivity contribution is -0.129. The molecule has 128 valence electrons. The van der Waals surface area contributed by atoms with E-state index in [0.717, 1.165) is 25.7 Å². The zero-order chi connectivity index (χ0) is 16.4. The first-order valence-corrected chi connectivity index (χ1v) is 9.94. The van der Waals surface area contributed by atoms with E-state index in [1.807, 2.05) is 6.92 Å². The van der Waals surface area contributed by atoms with E-state index in [9.17, 15) is 13.2 Å². The van der Waals surface area contributed by atoms with Gasteiger partial charge in [-0.3, -0.25) is 4.79 Å². The fraction of sp³-hybridized carbons (Fsp3) is 0.933. The van der Waals surface area contributed by atoms with E-state index in [1.54, 1.807) is 6.92 Å². The molecule has 6 nitrogen and oxygen atoms in total. The molecule has 0 aromatic heterocycles. The number of sulfonamides is 1. The predicted octanol–water partition coefficient (Wildman–Crippen LogP) is 0.824. The number of nitrogens with one attached hydrogen (secondary N) is 1. The molecule has 3 N–H and O–H groups in total. The van der Waals surface area contributed by atoms with Crippen LogP contribution >= 0.6 is 0 Å². The number of carbonyl (C=O) groups is 1. The Morgan fingerprint density at radius 1 is 1.27 bits per heavy atom. The highest BCUT2D eigenvalue weighted by atomic mass is 32.2. The number of carbonyl (C=O) groups excluding carboxylic acids is 1. The second-order valence-corrected chi connectivity index (χ2v) is 9.14. The van der Waals surface area contributed by atoms with Gasteiger partial charge in [0.25, 0.3) is 0 Å². The highest BCUT2D eigenvalue weighted by Crippen LogP contribution is 2.32. The Balaban J connectivity index is 1.87. The van der Waals surface area contributed by atoms with Crippen LogP contribution in [-0.2, 0) is 14.8 Å². The van der Waals surface area contributed by atoms with Crippen molar-refractivity contribution in [3.63, 3.8) is 0 Å². The van der Waals surface area contributed by atoms with Crippen molar-refractivity contribution in [3.8, 4) is 0 Å². The van der Waals surface area contributed by atoms with E-state index in [0.29, 0.717) is 25.9 Å². The monoisotopic (exact) mass is 331 g/mol. The number of hydrogen-bond acceptors (Lipinski definition) is 4. The van der Waals surface area contributed by atoms with Crippen molar-refractivity contribution >= 4 is 15.9 Å². The van der Waals surface area contributed by atoms with Crippen LogP contribution in [-0.4, -0.2) is 49.1 Å². The lowest BCUT2D eigenvalue weighted by Crippen LogP contribution is -2.55. The van der Waals surface area contributed by atoms with Gasteiger partial charge in [0.05, 0.1) is 11.7 Å². The van der Waals surface area contributed by atoms with Gasteiger partial charge in [-0.15, -0.1) is 0 Å². The molecule has 0 aromatic rings. The summed E-state index contributed by atoms with van der Waals surface area (Å²) >= 11 is 0. The first kappa shape index (κ1) is 17.7. The molecule has 1 aliphatic carbocycles. The average Bonchev–Trinajstić information content (AvgIpc) is 2.47. The minimum Gasteiger partial charge on any atom is -0.353 e.